The van der Waals surface area contributed by atoms with Gasteiger partial charge in [-0.3, -0.25) is 9.88 Å². The SMILES string of the molecule is CCCNC1CC2CCC(C1)N2C(C)c1cccnc1. The molecule has 3 heterocycles. The number of pyridine rings is 1. The van der Waals surface area contributed by atoms with Gasteiger partial charge in [0.05, 0.1) is 0 Å². The molecule has 2 saturated heterocycles. The molecule has 3 nitrogen and oxygen atoms in total. The van der Waals surface area contributed by atoms with Gasteiger partial charge in [-0.2, -0.15) is 0 Å². The minimum atomic E-state index is 0.508. The minimum Gasteiger partial charge on any atom is -0.314 e. The molecule has 0 aliphatic carbocycles. The van der Waals surface area contributed by atoms with Gasteiger partial charge in [0.15, 0.2) is 0 Å². The summed E-state index contributed by atoms with van der Waals surface area (Å²) in [5.74, 6) is 0. The standard InChI is InChI=1S/C17H27N3/c1-3-8-19-15-10-16-6-7-17(11-15)20(16)13(2)14-5-4-9-18-12-14/h4-5,9,12-13,15-17,19H,3,6-8,10-11H2,1-2H3. The number of nitrogens with zero attached hydrogens (tertiary/aromatic N) is 2. The van der Waals surface area contributed by atoms with E-state index in [9.17, 15) is 0 Å². The highest BCUT2D eigenvalue weighted by atomic mass is 15.3. The predicted octanol–water partition coefficient (Wildman–Crippen LogP) is 3.14. The molecule has 0 amide bonds. The Hall–Kier alpha value is -0.930. The zero-order chi connectivity index (χ0) is 13.9. The lowest BCUT2D eigenvalue weighted by molar-refractivity contribution is 0.0770. The van der Waals surface area contributed by atoms with E-state index in [-0.39, 0.29) is 0 Å². The zero-order valence-corrected chi connectivity index (χ0v) is 12.8. The number of fused-ring (bicyclic) bond motifs is 2. The van der Waals surface area contributed by atoms with Crippen molar-refractivity contribution in [2.45, 2.75) is 70.1 Å². The number of hydrogen-bond acceptors (Lipinski definition) is 3. The first-order valence-corrected chi connectivity index (χ1v) is 8.20. The highest BCUT2D eigenvalue weighted by molar-refractivity contribution is 5.15. The van der Waals surface area contributed by atoms with E-state index in [0.29, 0.717) is 6.04 Å². The van der Waals surface area contributed by atoms with Crippen molar-refractivity contribution in [2.75, 3.05) is 6.54 Å². The second-order valence-electron chi connectivity index (χ2n) is 6.42. The lowest BCUT2D eigenvalue weighted by atomic mass is 9.94. The third kappa shape index (κ3) is 2.75. The van der Waals surface area contributed by atoms with E-state index in [1.54, 1.807) is 0 Å². The van der Waals surface area contributed by atoms with Crippen molar-refractivity contribution in [3.8, 4) is 0 Å². The van der Waals surface area contributed by atoms with E-state index in [1.165, 1.54) is 44.2 Å². The van der Waals surface area contributed by atoms with Crippen molar-refractivity contribution >= 4 is 0 Å². The molecule has 3 atom stereocenters. The Balaban J connectivity index is 1.68. The van der Waals surface area contributed by atoms with Crippen LogP contribution in [0.15, 0.2) is 24.5 Å². The lowest BCUT2D eigenvalue weighted by Crippen LogP contribution is -2.49. The topological polar surface area (TPSA) is 28.2 Å². The minimum absolute atomic E-state index is 0.508. The van der Waals surface area contributed by atoms with Gasteiger partial charge in [0.25, 0.3) is 0 Å². The Kier molecular flexibility index (Phi) is 4.37. The summed E-state index contributed by atoms with van der Waals surface area (Å²) in [6.45, 7) is 5.77. The Morgan fingerprint density at radius 1 is 1.35 bits per heavy atom. The highest BCUT2D eigenvalue weighted by Gasteiger charge is 2.42. The fourth-order valence-corrected chi connectivity index (χ4v) is 4.16. The molecule has 20 heavy (non-hydrogen) atoms. The fraction of sp³-hybridized carbons (Fsp3) is 0.706. The van der Waals surface area contributed by atoms with Gasteiger partial charge < -0.3 is 5.32 Å². The molecule has 2 bridgehead atoms. The van der Waals surface area contributed by atoms with E-state index in [4.69, 9.17) is 0 Å². The summed E-state index contributed by atoms with van der Waals surface area (Å²) < 4.78 is 0. The summed E-state index contributed by atoms with van der Waals surface area (Å²) in [5, 5.41) is 3.73. The Morgan fingerprint density at radius 2 is 2.10 bits per heavy atom. The molecule has 2 fully saturated rings. The number of rotatable bonds is 5. The van der Waals surface area contributed by atoms with Crippen molar-refractivity contribution in [1.82, 2.24) is 15.2 Å². The van der Waals surface area contributed by atoms with Gasteiger partial charge in [0, 0.05) is 36.6 Å². The van der Waals surface area contributed by atoms with Crippen molar-refractivity contribution in [1.29, 1.82) is 0 Å². The first kappa shape index (κ1) is 14.0. The van der Waals surface area contributed by atoms with Gasteiger partial charge in [-0.15, -0.1) is 0 Å². The normalized spacial score (nSPS) is 31.4. The van der Waals surface area contributed by atoms with E-state index in [1.807, 2.05) is 12.4 Å². The smallest absolute Gasteiger partial charge is 0.0341 e. The summed E-state index contributed by atoms with van der Waals surface area (Å²) in [7, 11) is 0. The molecule has 2 aliphatic rings. The number of aromatic nitrogens is 1. The van der Waals surface area contributed by atoms with Gasteiger partial charge in [-0.25, -0.2) is 0 Å². The van der Waals surface area contributed by atoms with Crippen molar-refractivity contribution < 1.29 is 0 Å². The van der Waals surface area contributed by atoms with Crippen LogP contribution in [-0.4, -0.2) is 34.6 Å². The van der Waals surface area contributed by atoms with Gasteiger partial charge in [0.2, 0.25) is 0 Å². The molecule has 3 rings (SSSR count). The molecule has 0 aromatic carbocycles. The van der Waals surface area contributed by atoms with Crippen LogP contribution in [0.5, 0.6) is 0 Å². The van der Waals surface area contributed by atoms with Crippen molar-refractivity contribution in [2.24, 2.45) is 0 Å². The summed E-state index contributed by atoms with van der Waals surface area (Å²) in [6.07, 6.45) is 10.5. The number of piperidine rings is 1. The average Bonchev–Trinajstić information content (AvgIpc) is 2.76. The molecule has 0 saturated carbocycles. The maximum Gasteiger partial charge on any atom is 0.0341 e. The molecule has 3 heteroatoms. The summed E-state index contributed by atoms with van der Waals surface area (Å²) in [6, 6.07) is 7.05. The van der Waals surface area contributed by atoms with Crippen molar-refractivity contribution in [3.05, 3.63) is 30.1 Å². The first-order chi connectivity index (χ1) is 9.79. The maximum atomic E-state index is 4.29. The third-order valence-corrected chi connectivity index (χ3v) is 5.09. The monoisotopic (exact) mass is 273 g/mol. The maximum absolute atomic E-state index is 4.29. The van der Waals surface area contributed by atoms with Crippen LogP contribution in [0.3, 0.4) is 0 Å². The van der Waals surface area contributed by atoms with E-state index in [0.717, 1.165) is 18.1 Å². The predicted molar refractivity (Wildman–Crippen MR) is 82.6 cm³/mol. The molecule has 1 N–H and O–H groups in total. The Labute approximate surface area is 122 Å². The molecule has 110 valence electrons. The van der Waals surface area contributed by atoms with Gasteiger partial charge >= 0.3 is 0 Å². The highest BCUT2D eigenvalue weighted by Crippen LogP contribution is 2.41. The summed E-state index contributed by atoms with van der Waals surface area (Å²) in [4.78, 5) is 7.05. The zero-order valence-electron chi connectivity index (χ0n) is 12.8. The Bertz CT molecular complexity index is 406. The molecule has 1 aromatic rings. The van der Waals surface area contributed by atoms with E-state index >= 15 is 0 Å². The van der Waals surface area contributed by atoms with Crippen molar-refractivity contribution in [3.63, 3.8) is 0 Å². The molecular formula is C17H27N3. The van der Waals surface area contributed by atoms with E-state index in [2.05, 4.69) is 41.2 Å². The number of nitrogens with one attached hydrogen (secondary N) is 1. The van der Waals surface area contributed by atoms with Crippen LogP contribution in [0.1, 0.15) is 57.6 Å². The molecule has 2 aliphatic heterocycles. The third-order valence-electron chi connectivity index (χ3n) is 5.09. The Morgan fingerprint density at radius 3 is 2.70 bits per heavy atom. The van der Waals surface area contributed by atoms with Crippen LogP contribution in [0.25, 0.3) is 0 Å². The fourth-order valence-electron chi connectivity index (χ4n) is 4.16. The molecule has 3 unspecified atom stereocenters. The van der Waals surface area contributed by atoms with Crippen LogP contribution in [0.2, 0.25) is 0 Å². The average molecular weight is 273 g/mol. The van der Waals surface area contributed by atoms with Crippen LogP contribution >= 0.6 is 0 Å². The lowest BCUT2D eigenvalue weighted by Gasteiger charge is -2.43. The summed E-state index contributed by atoms with van der Waals surface area (Å²) >= 11 is 0. The number of hydrogen-bond donors (Lipinski definition) is 1. The van der Waals surface area contributed by atoms with Crippen LogP contribution < -0.4 is 5.32 Å². The molecule has 0 radical (unpaired) electrons. The quantitative estimate of drug-likeness (QED) is 0.893. The molecular weight excluding hydrogens is 246 g/mol. The van der Waals surface area contributed by atoms with Crippen LogP contribution in [-0.2, 0) is 0 Å². The second kappa shape index (κ2) is 6.23. The van der Waals surface area contributed by atoms with Crippen LogP contribution in [0, 0.1) is 0 Å². The van der Waals surface area contributed by atoms with Gasteiger partial charge in [0.1, 0.15) is 0 Å². The first-order valence-electron chi connectivity index (χ1n) is 8.20. The van der Waals surface area contributed by atoms with Gasteiger partial charge in [-0.1, -0.05) is 13.0 Å². The molecule has 1 aromatic heterocycles. The van der Waals surface area contributed by atoms with Crippen LogP contribution in [0.4, 0.5) is 0 Å². The molecule has 0 spiro atoms. The van der Waals surface area contributed by atoms with E-state index < -0.39 is 0 Å². The largest absolute Gasteiger partial charge is 0.314 e. The second-order valence-corrected chi connectivity index (χ2v) is 6.42. The van der Waals surface area contributed by atoms with Gasteiger partial charge in [-0.05, 0) is 57.2 Å². The summed E-state index contributed by atoms with van der Waals surface area (Å²) in [5.41, 5.74) is 1.37.